The van der Waals surface area contributed by atoms with Gasteiger partial charge >= 0.3 is 70.2 Å². The molecule has 0 aliphatic rings. The summed E-state index contributed by atoms with van der Waals surface area (Å²) in [5, 5.41) is 0. The third-order valence-electron chi connectivity index (χ3n) is 1.34. The number of hydrogen-bond donors (Lipinski definition) is 0. The summed E-state index contributed by atoms with van der Waals surface area (Å²) >= 11 is 0. The molecule has 0 bridgehead atoms. The SMILES string of the molecule is C[Si](C)(C)[N-][Si](C)(C)C.C[Si](C)(C)[N-][Si](C)(C)C.[K+].[Li+]. The number of hydrogen-bond acceptors (Lipinski definition) is 0. The van der Waals surface area contributed by atoms with E-state index in [1.165, 1.54) is 0 Å². The fourth-order valence-electron chi connectivity index (χ4n) is 2.01. The molecule has 0 N–H and O–H groups in total. The Kier molecular flexibility index (Phi) is 17.8. The van der Waals surface area contributed by atoms with Crippen molar-refractivity contribution in [2.45, 2.75) is 78.6 Å². The topological polar surface area (TPSA) is 28.2 Å². The molecule has 112 valence electrons. The van der Waals surface area contributed by atoms with Crippen molar-refractivity contribution >= 4 is 32.9 Å². The number of nitrogens with zero attached hydrogens (tertiary/aromatic N) is 2. The van der Waals surface area contributed by atoms with Crippen molar-refractivity contribution in [3.8, 4) is 0 Å². The summed E-state index contributed by atoms with van der Waals surface area (Å²) < 4.78 is 9.64. The van der Waals surface area contributed by atoms with Gasteiger partial charge in [-0.25, -0.2) is 0 Å². The van der Waals surface area contributed by atoms with Crippen molar-refractivity contribution in [3.63, 3.8) is 0 Å². The van der Waals surface area contributed by atoms with E-state index in [4.69, 9.17) is 9.30 Å². The second-order valence-electron chi connectivity index (χ2n) is 8.91. The summed E-state index contributed by atoms with van der Waals surface area (Å²) in [6, 6.07) is 0. The monoisotopic (exact) mass is 366 g/mol. The molecule has 0 radical (unpaired) electrons. The van der Waals surface area contributed by atoms with E-state index in [-0.39, 0.29) is 70.2 Å². The van der Waals surface area contributed by atoms with Gasteiger partial charge in [-0.2, -0.15) is 0 Å². The Bertz CT molecular complexity index is 190. The van der Waals surface area contributed by atoms with E-state index in [1.54, 1.807) is 0 Å². The van der Waals surface area contributed by atoms with Crippen LogP contribution >= 0.6 is 0 Å². The molecule has 0 rings (SSSR count). The summed E-state index contributed by atoms with van der Waals surface area (Å²) in [5.41, 5.74) is 0. The van der Waals surface area contributed by atoms with Gasteiger partial charge in [0.05, 0.1) is 0 Å². The van der Waals surface area contributed by atoms with Crippen LogP contribution in [0.2, 0.25) is 78.6 Å². The fourth-order valence-corrected chi connectivity index (χ4v) is 18.1. The smallest absolute Gasteiger partial charge is 0.668 e. The van der Waals surface area contributed by atoms with E-state index in [0.29, 0.717) is 0 Å². The minimum Gasteiger partial charge on any atom is -0.668 e. The maximum Gasteiger partial charge on any atom is 1.00 e. The predicted molar refractivity (Wildman–Crippen MR) is 100 cm³/mol. The molecule has 0 saturated carbocycles. The Morgan fingerprint density at radius 3 is 0.500 bits per heavy atom. The Hall–Kier alpha value is 3.02. The minimum atomic E-state index is -1.11. The maximum absolute atomic E-state index is 4.82. The van der Waals surface area contributed by atoms with E-state index < -0.39 is 32.9 Å². The second kappa shape index (κ2) is 11.6. The van der Waals surface area contributed by atoms with E-state index in [0.717, 1.165) is 0 Å². The molecule has 0 amide bonds. The van der Waals surface area contributed by atoms with Crippen LogP contribution in [-0.2, 0) is 0 Å². The van der Waals surface area contributed by atoms with Gasteiger partial charge in [-0.1, -0.05) is 112 Å². The summed E-state index contributed by atoms with van der Waals surface area (Å²) in [6.45, 7) is 27.6. The van der Waals surface area contributed by atoms with Gasteiger partial charge in [0, 0.05) is 0 Å². The normalized spacial score (nSPS) is 12.6. The van der Waals surface area contributed by atoms with Crippen molar-refractivity contribution in [2.75, 3.05) is 0 Å². The summed E-state index contributed by atoms with van der Waals surface area (Å²) in [6.07, 6.45) is 0. The van der Waals surface area contributed by atoms with Gasteiger partial charge in [0.25, 0.3) is 0 Å². The summed E-state index contributed by atoms with van der Waals surface area (Å²) in [4.78, 5) is 0. The average Bonchev–Trinajstić information content (AvgIpc) is 1.64. The van der Waals surface area contributed by atoms with Crippen molar-refractivity contribution in [3.05, 3.63) is 9.30 Å². The van der Waals surface area contributed by atoms with E-state index in [1.807, 2.05) is 0 Å². The molecule has 0 unspecified atom stereocenters. The Morgan fingerprint density at radius 1 is 0.400 bits per heavy atom. The molecule has 0 heterocycles. The van der Waals surface area contributed by atoms with Gasteiger partial charge in [-0.05, 0) is 0 Å². The van der Waals surface area contributed by atoms with Gasteiger partial charge < -0.3 is 9.30 Å². The molecule has 0 aliphatic carbocycles. The molecule has 20 heavy (non-hydrogen) atoms. The van der Waals surface area contributed by atoms with Crippen LogP contribution in [0.4, 0.5) is 0 Å². The standard InChI is InChI=1S/2C6H18NSi2.K.Li/c2*1-8(2,3)7-9(4,5)6;;/h2*1-6H3;;/q2*-1;2*+1. The van der Waals surface area contributed by atoms with E-state index >= 15 is 0 Å². The van der Waals surface area contributed by atoms with Crippen LogP contribution in [0.5, 0.6) is 0 Å². The van der Waals surface area contributed by atoms with Crippen LogP contribution in [0.15, 0.2) is 0 Å². The first kappa shape index (κ1) is 30.9. The van der Waals surface area contributed by atoms with Crippen molar-refractivity contribution < 1.29 is 70.2 Å². The van der Waals surface area contributed by atoms with Crippen molar-refractivity contribution in [1.29, 1.82) is 0 Å². The molecule has 0 aromatic heterocycles. The second-order valence-corrected chi connectivity index (χ2v) is 28.1. The van der Waals surface area contributed by atoms with E-state index in [2.05, 4.69) is 78.6 Å². The molecule has 0 saturated heterocycles. The maximum atomic E-state index is 4.82. The van der Waals surface area contributed by atoms with Crippen LogP contribution in [0.25, 0.3) is 9.30 Å². The molecule has 0 spiro atoms. The molecule has 0 aromatic carbocycles. The average molecular weight is 367 g/mol. The van der Waals surface area contributed by atoms with Crippen LogP contribution in [0.3, 0.4) is 0 Å². The molecular formula is C12H36KLiN2Si4. The van der Waals surface area contributed by atoms with Gasteiger partial charge in [0.1, 0.15) is 0 Å². The first-order valence-corrected chi connectivity index (χ1v) is 20.7. The van der Waals surface area contributed by atoms with E-state index in [9.17, 15) is 0 Å². The zero-order valence-electron chi connectivity index (χ0n) is 16.9. The fraction of sp³-hybridized carbons (Fsp3) is 1.00. The molecular weight excluding hydrogens is 331 g/mol. The van der Waals surface area contributed by atoms with Gasteiger partial charge in [0.15, 0.2) is 0 Å². The van der Waals surface area contributed by atoms with Crippen LogP contribution < -0.4 is 70.2 Å². The quantitative estimate of drug-likeness (QED) is 0.630. The van der Waals surface area contributed by atoms with Crippen molar-refractivity contribution in [2.24, 2.45) is 0 Å². The molecule has 0 atom stereocenters. The van der Waals surface area contributed by atoms with Gasteiger partial charge in [0.2, 0.25) is 0 Å². The molecule has 0 aliphatic heterocycles. The first-order valence-electron chi connectivity index (χ1n) is 6.89. The molecule has 0 fully saturated rings. The first-order chi connectivity index (χ1) is 7.41. The van der Waals surface area contributed by atoms with Crippen LogP contribution in [0.1, 0.15) is 0 Å². The molecule has 2 nitrogen and oxygen atoms in total. The van der Waals surface area contributed by atoms with Gasteiger partial charge in [-0.3, -0.25) is 0 Å². The Morgan fingerprint density at radius 2 is 0.500 bits per heavy atom. The van der Waals surface area contributed by atoms with Crippen molar-refractivity contribution in [1.82, 2.24) is 0 Å². The van der Waals surface area contributed by atoms with Crippen LogP contribution in [0, 0.1) is 0 Å². The largest absolute Gasteiger partial charge is 1.00 e. The summed E-state index contributed by atoms with van der Waals surface area (Å²) in [7, 11) is -4.42. The zero-order chi connectivity index (χ0) is 15.4. The summed E-state index contributed by atoms with van der Waals surface area (Å²) in [5.74, 6) is 0. The van der Waals surface area contributed by atoms with Gasteiger partial charge in [-0.15, -0.1) is 0 Å². The number of rotatable bonds is 4. The minimum absolute atomic E-state index is 0. The predicted octanol–water partition coefficient (Wildman–Crippen LogP) is 0.0678. The zero-order valence-corrected chi connectivity index (χ0v) is 24.0. The van der Waals surface area contributed by atoms with Crippen LogP contribution in [-0.4, -0.2) is 32.9 Å². The molecule has 0 aromatic rings. The third kappa shape index (κ3) is 37.3. The molecule has 8 heteroatoms. The Labute approximate surface area is 188 Å². The third-order valence-corrected chi connectivity index (χ3v) is 12.1. The Balaban J connectivity index is -0.000000116.